The Bertz CT molecular complexity index is 725. The fourth-order valence-electron chi connectivity index (χ4n) is 2.46. The van der Waals surface area contributed by atoms with E-state index in [1.807, 2.05) is 53.4 Å². The van der Waals surface area contributed by atoms with Gasteiger partial charge in [0.05, 0.1) is 20.4 Å². The number of aromatic nitrogens is 2. The van der Waals surface area contributed by atoms with Gasteiger partial charge in [0.1, 0.15) is 11.4 Å². The second kappa shape index (κ2) is 13.4. The first-order chi connectivity index (χ1) is 14.7. The first-order valence-electron chi connectivity index (χ1n) is 10.4. The molecule has 0 radical (unpaired) electrons. The van der Waals surface area contributed by atoms with Crippen LogP contribution in [0.1, 0.15) is 69.4 Å². The van der Waals surface area contributed by atoms with E-state index in [4.69, 9.17) is 4.74 Å². The third-order valence-electron chi connectivity index (χ3n) is 3.77. The molecule has 0 N–H and O–H groups in total. The number of amides is 1. The molecule has 1 fully saturated rings. The zero-order valence-electron chi connectivity index (χ0n) is 20.1. The molecule has 176 valence electrons. The highest BCUT2D eigenvalue weighted by molar-refractivity contribution is 6.00. The Hall–Kier alpha value is -2.91. The van der Waals surface area contributed by atoms with Crippen molar-refractivity contribution >= 4 is 23.8 Å². The van der Waals surface area contributed by atoms with E-state index in [1.165, 1.54) is 20.4 Å². The molecule has 1 aliphatic heterocycles. The fourth-order valence-corrected chi connectivity index (χ4v) is 2.46. The molecule has 2 rings (SSSR count). The Morgan fingerprint density at radius 2 is 1.35 bits per heavy atom. The van der Waals surface area contributed by atoms with E-state index in [0.717, 1.165) is 0 Å². The standard InChI is InChI=1S/C17H24N4O6.2C2H6/c1-17(2,3)27-16(24)21-8-6-20(7-9-21)11-10-18-12(14(22)25-4)13(19-11)15(23)26-5;2*1-2/h10H,6-9H2,1-5H3;2*1-2H3. The molecule has 1 aromatic rings. The van der Waals surface area contributed by atoms with Gasteiger partial charge in [-0.1, -0.05) is 27.7 Å². The summed E-state index contributed by atoms with van der Waals surface area (Å²) in [7, 11) is 2.38. The number of methoxy groups -OCH3 is 2. The SMILES string of the molecule is CC.CC.COC(=O)c1ncc(N2CCN(C(=O)OC(C)(C)C)CC2)nc1C(=O)OC. The summed E-state index contributed by atoms with van der Waals surface area (Å²) in [6.07, 6.45) is 1.02. The summed E-state index contributed by atoms with van der Waals surface area (Å²) in [5.41, 5.74) is -0.976. The monoisotopic (exact) mass is 440 g/mol. The Balaban J connectivity index is 0.00000212. The van der Waals surface area contributed by atoms with E-state index in [1.54, 1.807) is 4.90 Å². The van der Waals surface area contributed by atoms with E-state index >= 15 is 0 Å². The molecule has 0 saturated carbocycles. The van der Waals surface area contributed by atoms with Crippen LogP contribution in [-0.2, 0) is 14.2 Å². The van der Waals surface area contributed by atoms with Gasteiger partial charge >= 0.3 is 18.0 Å². The number of esters is 2. The van der Waals surface area contributed by atoms with Gasteiger partial charge in [-0.2, -0.15) is 0 Å². The van der Waals surface area contributed by atoms with Crippen molar-refractivity contribution < 1.29 is 28.6 Å². The van der Waals surface area contributed by atoms with Gasteiger partial charge in [0, 0.05) is 26.2 Å². The average molecular weight is 441 g/mol. The third-order valence-corrected chi connectivity index (χ3v) is 3.77. The van der Waals surface area contributed by atoms with Crippen LogP contribution in [0.2, 0.25) is 0 Å². The highest BCUT2D eigenvalue weighted by Gasteiger charge is 2.28. The lowest BCUT2D eigenvalue weighted by Crippen LogP contribution is -2.50. The number of ether oxygens (including phenoxy) is 3. The summed E-state index contributed by atoms with van der Waals surface area (Å²) in [6.45, 7) is 15.3. The summed E-state index contributed by atoms with van der Waals surface area (Å²) < 4.78 is 14.7. The Labute approximate surface area is 184 Å². The van der Waals surface area contributed by atoms with Gasteiger partial charge in [0.25, 0.3) is 0 Å². The van der Waals surface area contributed by atoms with Crippen molar-refractivity contribution in [1.29, 1.82) is 0 Å². The topological polar surface area (TPSA) is 111 Å². The van der Waals surface area contributed by atoms with Crippen molar-refractivity contribution in [3.8, 4) is 0 Å². The minimum Gasteiger partial charge on any atom is -0.464 e. The minimum atomic E-state index is -0.780. The van der Waals surface area contributed by atoms with Crippen LogP contribution in [-0.4, -0.2) is 78.9 Å². The lowest BCUT2D eigenvalue weighted by atomic mass is 10.2. The molecule has 1 amide bonds. The maximum atomic E-state index is 12.1. The molecule has 1 aromatic heterocycles. The summed E-state index contributed by atoms with van der Waals surface area (Å²) in [6, 6.07) is 0. The highest BCUT2D eigenvalue weighted by atomic mass is 16.6. The van der Waals surface area contributed by atoms with Gasteiger partial charge in [-0.3, -0.25) is 0 Å². The van der Waals surface area contributed by atoms with Crippen molar-refractivity contribution in [2.75, 3.05) is 45.3 Å². The Morgan fingerprint density at radius 3 is 1.81 bits per heavy atom. The van der Waals surface area contributed by atoms with Crippen LogP contribution in [0.4, 0.5) is 10.6 Å². The zero-order valence-corrected chi connectivity index (χ0v) is 20.1. The van der Waals surface area contributed by atoms with Gasteiger partial charge < -0.3 is 24.0 Å². The summed E-state index contributed by atoms with van der Waals surface area (Å²) >= 11 is 0. The molecule has 0 bridgehead atoms. The first kappa shape index (κ1) is 28.1. The van der Waals surface area contributed by atoms with Crippen molar-refractivity contribution in [2.24, 2.45) is 0 Å². The molecular formula is C21H36N4O6. The van der Waals surface area contributed by atoms with Crippen molar-refractivity contribution in [3.63, 3.8) is 0 Å². The number of rotatable bonds is 3. The van der Waals surface area contributed by atoms with E-state index < -0.39 is 17.5 Å². The summed E-state index contributed by atoms with van der Waals surface area (Å²) in [4.78, 5) is 47.6. The molecule has 0 unspecified atom stereocenters. The summed E-state index contributed by atoms with van der Waals surface area (Å²) in [5, 5.41) is 0. The number of hydrogen-bond donors (Lipinski definition) is 0. The van der Waals surface area contributed by atoms with Crippen molar-refractivity contribution in [1.82, 2.24) is 14.9 Å². The van der Waals surface area contributed by atoms with E-state index in [2.05, 4.69) is 19.4 Å². The number of carbonyl (C=O) groups excluding carboxylic acids is 3. The van der Waals surface area contributed by atoms with E-state index in [-0.39, 0.29) is 17.5 Å². The van der Waals surface area contributed by atoms with Crippen molar-refractivity contribution in [2.45, 2.75) is 54.1 Å². The van der Waals surface area contributed by atoms with E-state index in [9.17, 15) is 14.4 Å². The van der Waals surface area contributed by atoms with Crippen molar-refractivity contribution in [3.05, 3.63) is 17.6 Å². The van der Waals surface area contributed by atoms with Gasteiger partial charge in [-0.05, 0) is 20.8 Å². The van der Waals surface area contributed by atoms with Crippen LogP contribution in [0.5, 0.6) is 0 Å². The lowest BCUT2D eigenvalue weighted by molar-refractivity contribution is 0.0240. The fraction of sp³-hybridized carbons (Fsp3) is 0.667. The first-order valence-corrected chi connectivity index (χ1v) is 10.4. The second-order valence-corrected chi connectivity index (χ2v) is 6.86. The molecule has 31 heavy (non-hydrogen) atoms. The summed E-state index contributed by atoms with van der Waals surface area (Å²) in [5.74, 6) is -1.15. The predicted octanol–water partition coefficient (Wildman–Crippen LogP) is 3.16. The average Bonchev–Trinajstić information content (AvgIpc) is 2.79. The van der Waals surface area contributed by atoms with Gasteiger partial charge in [0.2, 0.25) is 0 Å². The smallest absolute Gasteiger partial charge is 0.410 e. The maximum absolute atomic E-state index is 12.1. The number of nitrogens with zero attached hydrogens (tertiary/aromatic N) is 4. The molecule has 0 aliphatic carbocycles. The predicted molar refractivity (Wildman–Crippen MR) is 117 cm³/mol. The largest absolute Gasteiger partial charge is 0.464 e. The molecule has 0 aromatic carbocycles. The molecule has 0 atom stereocenters. The molecule has 0 spiro atoms. The number of carbonyl (C=O) groups is 3. The second-order valence-electron chi connectivity index (χ2n) is 6.86. The Morgan fingerprint density at radius 1 is 0.871 bits per heavy atom. The van der Waals surface area contributed by atoms with E-state index in [0.29, 0.717) is 32.0 Å². The van der Waals surface area contributed by atoms with Crippen LogP contribution in [0, 0.1) is 0 Å². The number of hydrogen-bond acceptors (Lipinski definition) is 9. The maximum Gasteiger partial charge on any atom is 0.410 e. The quantitative estimate of drug-likeness (QED) is 0.517. The normalized spacial score (nSPS) is 13.1. The molecule has 2 heterocycles. The molecular weight excluding hydrogens is 404 g/mol. The highest BCUT2D eigenvalue weighted by Crippen LogP contribution is 2.18. The van der Waals surface area contributed by atoms with Crippen LogP contribution >= 0.6 is 0 Å². The van der Waals surface area contributed by atoms with Crippen LogP contribution in [0.25, 0.3) is 0 Å². The molecule has 1 saturated heterocycles. The molecule has 1 aliphatic rings. The minimum absolute atomic E-state index is 0.208. The Kier molecular flexibility index (Phi) is 12.1. The molecule has 10 heteroatoms. The van der Waals surface area contributed by atoms with Gasteiger partial charge in [0.15, 0.2) is 11.4 Å². The van der Waals surface area contributed by atoms with Crippen LogP contribution < -0.4 is 4.90 Å². The number of piperazine rings is 1. The third kappa shape index (κ3) is 8.39. The zero-order chi connectivity index (χ0) is 24.2. The lowest BCUT2D eigenvalue weighted by Gasteiger charge is -2.36. The molecule has 10 nitrogen and oxygen atoms in total. The van der Waals surface area contributed by atoms with Crippen LogP contribution in [0.3, 0.4) is 0 Å². The number of anilines is 1. The van der Waals surface area contributed by atoms with Crippen LogP contribution in [0.15, 0.2) is 6.20 Å². The van der Waals surface area contributed by atoms with Gasteiger partial charge in [-0.15, -0.1) is 0 Å². The van der Waals surface area contributed by atoms with Gasteiger partial charge in [-0.25, -0.2) is 24.4 Å².